The number of ether oxygens (including phenoxy) is 3. The molecule has 0 atom stereocenters. The number of amides is 5. The van der Waals surface area contributed by atoms with E-state index in [9.17, 15) is 24.3 Å². The number of phenolic OH excluding ortho intramolecular Hbond substituents is 1. The minimum atomic E-state index is -0.915. The van der Waals surface area contributed by atoms with Gasteiger partial charge in [0.15, 0.2) is 18.1 Å². The van der Waals surface area contributed by atoms with E-state index in [1.807, 2.05) is 0 Å². The zero-order valence-corrected chi connectivity index (χ0v) is 22.3. The van der Waals surface area contributed by atoms with Gasteiger partial charge in [-0.2, -0.15) is 0 Å². The lowest BCUT2D eigenvalue weighted by Gasteiger charge is -2.26. The molecule has 1 saturated heterocycles. The number of anilines is 2. The second-order valence-corrected chi connectivity index (χ2v) is 8.90. The van der Waals surface area contributed by atoms with Crippen LogP contribution in [0.15, 0.2) is 70.7 Å². The molecule has 1 fully saturated rings. The third-order valence-corrected chi connectivity index (χ3v) is 6.09. The number of rotatable bonds is 8. The van der Waals surface area contributed by atoms with Crippen LogP contribution in [0, 0.1) is 0 Å². The van der Waals surface area contributed by atoms with Gasteiger partial charge in [0.1, 0.15) is 17.1 Å². The van der Waals surface area contributed by atoms with E-state index in [2.05, 4.69) is 26.6 Å². The Morgan fingerprint density at radius 1 is 1.03 bits per heavy atom. The first kappa shape index (κ1) is 27.2. The van der Waals surface area contributed by atoms with Crippen LogP contribution in [0.1, 0.15) is 5.56 Å². The molecule has 11 nitrogen and oxygen atoms in total. The van der Waals surface area contributed by atoms with Gasteiger partial charge in [0, 0.05) is 0 Å². The maximum atomic E-state index is 13.1. The summed E-state index contributed by atoms with van der Waals surface area (Å²) in [7, 11) is 2.89. The van der Waals surface area contributed by atoms with Crippen molar-refractivity contribution < 1.29 is 38.5 Å². The standard InChI is InChI=1S/C27H22BrN3O8/c1-37-21-6-4-3-5-20(21)29-23(33)14-39-24-19(28)12-15(13-22(24)38-2)11-18-25(34)30-27(36)31(26(18)35)16-7-9-17(32)10-8-16/h3-13,32H,14H2,1-2H3,(H,29,33)(H,30,34,36)/b18-11-. The Balaban J connectivity index is 1.55. The zero-order valence-electron chi connectivity index (χ0n) is 20.7. The number of hydrogen-bond donors (Lipinski definition) is 3. The number of halogens is 1. The summed E-state index contributed by atoms with van der Waals surface area (Å²) < 4.78 is 16.7. The van der Waals surface area contributed by atoms with Gasteiger partial charge in [-0.15, -0.1) is 0 Å². The quantitative estimate of drug-likeness (QED) is 0.263. The smallest absolute Gasteiger partial charge is 0.335 e. The third-order valence-electron chi connectivity index (χ3n) is 5.50. The van der Waals surface area contributed by atoms with Gasteiger partial charge < -0.3 is 24.6 Å². The largest absolute Gasteiger partial charge is 0.508 e. The highest BCUT2D eigenvalue weighted by Crippen LogP contribution is 2.37. The maximum absolute atomic E-state index is 13.1. The Hall–Kier alpha value is -4.84. The number of hydrogen-bond acceptors (Lipinski definition) is 8. The first-order valence-electron chi connectivity index (χ1n) is 11.4. The minimum Gasteiger partial charge on any atom is -0.508 e. The fourth-order valence-electron chi connectivity index (χ4n) is 3.70. The summed E-state index contributed by atoms with van der Waals surface area (Å²) in [6.45, 7) is -0.349. The second kappa shape index (κ2) is 11.7. The van der Waals surface area contributed by atoms with Crippen molar-refractivity contribution in [3.05, 3.63) is 76.3 Å². The number of imide groups is 2. The van der Waals surface area contributed by atoms with Crippen molar-refractivity contribution in [3.8, 4) is 23.0 Å². The Labute approximate surface area is 231 Å². The molecule has 0 spiro atoms. The van der Waals surface area contributed by atoms with Gasteiger partial charge >= 0.3 is 6.03 Å². The van der Waals surface area contributed by atoms with Crippen LogP contribution in [0.4, 0.5) is 16.2 Å². The molecule has 3 N–H and O–H groups in total. The molecule has 1 aliphatic heterocycles. The number of urea groups is 1. The number of benzene rings is 3. The molecule has 0 saturated carbocycles. The average molecular weight is 596 g/mol. The first-order valence-corrected chi connectivity index (χ1v) is 12.1. The summed E-state index contributed by atoms with van der Waals surface area (Å²) in [5.41, 5.74) is 0.726. The molecule has 200 valence electrons. The van der Waals surface area contributed by atoms with Crippen LogP contribution in [0.3, 0.4) is 0 Å². The number of methoxy groups -OCH3 is 2. The topological polar surface area (TPSA) is 143 Å². The Kier molecular flexibility index (Phi) is 8.15. The highest BCUT2D eigenvalue weighted by atomic mass is 79.9. The van der Waals surface area contributed by atoms with Gasteiger partial charge in [-0.3, -0.25) is 19.7 Å². The van der Waals surface area contributed by atoms with E-state index in [0.29, 0.717) is 21.5 Å². The molecule has 12 heteroatoms. The lowest BCUT2D eigenvalue weighted by molar-refractivity contribution is -0.122. The molecule has 4 rings (SSSR count). The van der Waals surface area contributed by atoms with Crippen molar-refractivity contribution in [3.63, 3.8) is 0 Å². The van der Waals surface area contributed by atoms with Gasteiger partial charge in [-0.05, 0) is 76.1 Å². The first-order chi connectivity index (χ1) is 18.7. The van der Waals surface area contributed by atoms with Crippen LogP contribution in [0.2, 0.25) is 0 Å². The van der Waals surface area contributed by atoms with Crippen LogP contribution in [-0.4, -0.2) is 49.7 Å². The highest BCUT2D eigenvalue weighted by Gasteiger charge is 2.37. The Morgan fingerprint density at radius 3 is 2.41 bits per heavy atom. The third kappa shape index (κ3) is 6.02. The van der Waals surface area contributed by atoms with Crippen molar-refractivity contribution in [1.29, 1.82) is 0 Å². The second-order valence-electron chi connectivity index (χ2n) is 8.05. The summed E-state index contributed by atoms with van der Waals surface area (Å²) in [5.74, 6) is -1.28. The number of nitrogens with one attached hydrogen (secondary N) is 2. The summed E-state index contributed by atoms with van der Waals surface area (Å²) in [5, 5.41) is 14.3. The van der Waals surface area contributed by atoms with E-state index in [-0.39, 0.29) is 35.1 Å². The van der Waals surface area contributed by atoms with Crippen molar-refractivity contribution in [1.82, 2.24) is 5.32 Å². The SMILES string of the molecule is COc1ccccc1NC(=O)COc1c(Br)cc(/C=C2/C(=O)NC(=O)N(c3ccc(O)cc3)C2=O)cc1OC. The molecule has 0 aromatic heterocycles. The van der Waals surface area contributed by atoms with E-state index in [4.69, 9.17) is 14.2 Å². The predicted octanol–water partition coefficient (Wildman–Crippen LogP) is 3.86. The van der Waals surface area contributed by atoms with Crippen LogP contribution >= 0.6 is 15.9 Å². The summed E-state index contributed by atoms with van der Waals surface area (Å²) in [6.07, 6.45) is 1.29. The van der Waals surface area contributed by atoms with Gasteiger partial charge in [0.25, 0.3) is 17.7 Å². The molecule has 3 aromatic carbocycles. The number of carbonyl (C=O) groups excluding carboxylic acids is 4. The molecule has 0 bridgehead atoms. The molecule has 5 amide bonds. The molecule has 39 heavy (non-hydrogen) atoms. The van der Waals surface area contributed by atoms with E-state index in [1.54, 1.807) is 30.3 Å². The van der Waals surface area contributed by atoms with E-state index >= 15 is 0 Å². The van der Waals surface area contributed by atoms with Gasteiger partial charge in [0.05, 0.1) is 30.1 Å². The van der Waals surface area contributed by atoms with Gasteiger partial charge in [0.2, 0.25) is 0 Å². The molecule has 0 aliphatic carbocycles. The molecule has 0 unspecified atom stereocenters. The molecule has 1 aliphatic rings. The lowest BCUT2D eigenvalue weighted by Crippen LogP contribution is -2.54. The fourth-order valence-corrected chi connectivity index (χ4v) is 4.27. The number of phenols is 1. The maximum Gasteiger partial charge on any atom is 0.335 e. The number of carbonyl (C=O) groups is 4. The number of nitrogens with zero attached hydrogens (tertiary/aromatic N) is 1. The zero-order chi connectivity index (χ0) is 28.1. The van der Waals surface area contributed by atoms with Crippen LogP contribution in [-0.2, 0) is 14.4 Å². The average Bonchev–Trinajstić information content (AvgIpc) is 2.91. The van der Waals surface area contributed by atoms with Crippen molar-refractivity contribution in [2.75, 3.05) is 31.0 Å². The monoisotopic (exact) mass is 595 g/mol. The van der Waals surface area contributed by atoms with E-state index in [1.165, 1.54) is 50.6 Å². The van der Waals surface area contributed by atoms with Crippen molar-refractivity contribution >= 4 is 57.1 Å². The molecule has 1 heterocycles. The molecular formula is C27H22BrN3O8. The fraction of sp³-hybridized carbons (Fsp3) is 0.111. The molecule has 3 aromatic rings. The molecular weight excluding hydrogens is 574 g/mol. The number of para-hydroxylation sites is 2. The van der Waals surface area contributed by atoms with Crippen LogP contribution in [0.5, 0.6) is 23.0 Å². The lowest BCUT2D eigenvalue weighted by atomic mass is 10.1. The minimum absolute atomic E-state index is 0.0491. The highest BCUT2D eigenvalue weighted by molar-refractivity contribution is 9.10. The summed E-state index contributed by atoms with van der Waals surface area (Å²) in [4.78, 5) is 51.3. The van der Waals surface area contributed by atoms with Gasteiger partial charge in [-0.25, -0.2) is 9.69 Å². The Morgan fingerprint density at radius 2 is 1.72 bits per heavy atom. The number of barbiturate groups is 1. The van der Waals surface area contributed by atoms with Crippen molar-refractivity contribution in [2.45, 2.75) is 0 Å². The van der Waals surface area contributed by atoms with Gasteiger partial charge in [-0.1, -0.05) is 12.1 Å². The summed E-state index contributed by atoms with van der Waals surface area (Å²) in [6, 6.07) is 14.4. The predicted molar refractivity (Wildman–Crippen MR) is 145 cm³/mol. The van der Waals surface area contributed by atoms with E-state index in [0.717, 1.165) is 4.90 Å². The number of aromatic hydroxyl groups is 1. The van der Waals surface area contributed by atoms with E-state index < -0.39 is 23.8 Å². The van der Waals surface area contributed by atoms with Crippen LogP contribution < -0.4 is 29.7 Å². The van der Waals surface area contributed by atoms with Crippen molar-refractivity contribution in [2.24, 2.45) is 0 Å². The Bertz CT molecular complexity index is 1490. The van der Waals surface area contributed by atoms with Crippen LogP contribution in [0.25, 0.3) is 6.08 Å². The molecule has 0 radical (unpaired) electrons. The summed E-state index contributed by atoms with van der Waals surface area (Å²) >= 11 is 3.38. The normalized spacial score (nSPS) is 14.2.